The third kappa shape index (κ3) is 2.83. The fraction of sp³-hybridized carbons (Fsp3) is 0.889. The van der Waals surface area contributed by atoms with E-state index in [9.17, 15) is 9.18 Å². The van der Waals surface area contributed by atoms with Crippen LogP contribution in [0.15, 0.2) is 0 Å². The summed E-state index contributed by atoms with van der Waals surface area (Å²) in [4.78, 5) is 12.6. The number of amides is 1. The van der Waals surface area contributed by atoms with Crippen molar-refractivity contribution in [3.63, 3.8) is 0 Å². The van der Waals surface area contributed by atoms with Crippen molar-refractivity contribution in [1.82, 2.24) is 4.90 Å². The lowest BCUT2D eigenvalue weighted by Gasteiger charge is -2.31. The molecule has 1 amide bonds. The van der Waals surface area contributed by atoms with Crippen molar-refractivity contribution in [3.05, 3.63) is 0 Å². The summed E-state index contributed by atoms with van der Waals surface area (Å²) in [7, 11) is 0. The third-order valence-electron chi connectivity index (χ3n) is 2.10. The highest BCUT2D eigenvalue weighted by Gasteiger charge is 2.30. The van der Waals surface area contributed by atoms with Gasteiger partial charge in [-0.3, -0.25) is 0 Å². The van der Waals surface area contributed by atoms with Gasteiger partial charge in [0.25, 0.3) is 0 Å². The van der Waals surface area contributed by atoms with Crippen molar-refractivity contribution >= 4 is 6.09 Å². The van der Waals surface area contributed by atoms with Crippen LogP contribution in [0.3, 0.4) is 0 Å². The number of hydrogen-bond acceptors (Lipinski definition) is 3. The number of alkyl halides is 1. The van der Waals surface area contributed by atoms with Gasteiger partial charge in [-0.15, -0.1) is 0 Å². The molecule has 0 saturated carbocycles. The highest BCUT2D eigenvalue weighted by molar-refractivity contribution is 5.68. The van der Waals surface area contributed by atoms with Crippen LogP contribution in [-0.4, -0.2) is 47.6 Å². The number of hydrogen-bond donors (Lipinski definition) is 1. The molecule has 0 aromatic heterocycles. The zero-order valence-electron chi connectivity index (χ0n) is 8.44. The lowest BCUT2D eigenvalue weighted by Crippen LogP contribution is -2.47. The molecule has 0 radical (unpaired) electrons. The fourth-order valence-electron chi connectivity index (χ4n) is 1.33. The molecule has 1 fully saturated rings. The van der Waals surface area contributed by atoms with Gasteiger partial charge in [0.1, 0.15) is 6.17 Å². The summed E-state index contributed by atoms with van der Waals surface area (Å²) in [5, 5.41) is 9.11. The van der Waals surface area contributed by atoms with E-state index in [-0.39, 0.29) is 19.1 Å². The fourth-order valence-corrected chi connectivity index (χ4v) is 1.33. The summed E-state index contributed by atoms with van der Waals surface area (Å²) in [6.07, 6.45) is -2.74. The lowest BCUT2D eigenvalue weighted by molar-refractivity contribution is -0.00134. The van der Waals surface area contributed by atoms with Crippen LogP contribution < -0.4 is 0 Å². The third-order valence-corrected chi connectivity index (χ3v) is 2.10. The maximum atomic E-state index is 13.0. The SMILES string of the molecule is CC(C)OC(=O)N1CCC(O)C(F)C1. The minimum atomic E-state index is -1.36. The van der Waals surface area contributed by atoms with Crippen LogP contribution in [0.1, 0.15) is 20.3 Å². The number of carbonyl (C=O) groups is 1. The summed E-state index contributed by atoms with van der Waals surface area (Å²) in [5.41, 5.74) is 0. The Bertz CT molecular complexity index is 210. The van der Waals surface area contributed by atoms with E-state index in [1.807, 2.05) is 0 Å². The van der Waals surface area contributed by atoms with Crippen molar-refractivity contribution in [1.29, 1.82) is 0 Å². The molecule has 0 aliphatic carbocycles. The van der Waals surface area contributed by atoms with E-state index in [1.54, 1.807) is 13.8 Å². The van der Waals surface area contributed by atoms with Crippen LogP contribution in [0, 0.1) is 0 Å². The first-order chi connectivity index (χ1) is 6.50. The highest BCUT2D eigenvalue weighted by Crippen LogP contribution is 2.15. The smallest absolute Gasteiger partial charge is 0.410 e. The summed E-state index contributed by atoms with van der Waals surface area (Å²) in [5.74, 6) is 0. The number of rotatable bonds is 1. The van der Waals surface area contributed by atoms with Gasteiger partial charge in [-0.1, -0.05) is 0 Å². The quantitative estimate of drug-likeness (QED) is 0.693. The van der Waals surface area contributed by atoms with Gasteiger partial charge in [-0.25, -0.2) is 9.18 Å². The zero-order chi connectivity index (χ0) is 10.7. The topological polar surface area (TPSA) is 49.8 Å². The molecule has 1 heterocycles. The average Bonchev–Trinajstić information content (AvgIpc) is 2.08. The van der Waals surface area contributed by atoms with Crippen LogP contribution in [0.2, 0.25) is 0 Å². The standard InChI is InChI=1S/C9H16FNO3/c1-6(2)14-9(13)11-4-3-8(12)7(10)5-11/h6-8,12H,3-5H2,1-2H3. The Hall–Kier alpha value is -0.840. The van der Waals surface area contributed by atoms with E-state index >= 15 is 0 Å². The molecule has 1 saturated heterocycles. The number of aliphatic hydroxyl groups excluding tert-OH is 1. The first kappa shape index (κ1) is 11.2. The molecule has 4 nitrogen and oxygen atoms in total. The van der Waals surface area contributed by atoms with Crippen molar-refractivity contribution in [2.75, 3.05) is 13.1 Å². The predicted octanol–water partition coefficient (Wildman–Crippen LogP) is 0.936. The Kier molecular flexibility index (Phi) is 3.69. The molecule has 82 valence electrons. The molecule has 2 unspecified atom stereocenters. The van der Waals surface area contributed by atoms with Gasteiger partial charge >= 0.3 is 6.09 Å². The monoisotopic (exact) mass is 205 g/mol. The van der Waals surface area contributed by atoms with E-state index in [0.717, 1.165) is 0 Å². The van der Waals surface area contributed by atoms with Crippen LogP contribution in [0.4, 0.5) is 9.18 Å². The normalized spacial score (nSPS) is 27.9. The number of carbonyl (C=O) groups excluding carboxylic acids is 1. The molecular formula is C9H16FNO3. The Morgan fingerprint density at radius 1 is 1.64 bits per heavy atom. The summed E-state index contributed by atoms with van der Waals surface area (Å²) in [6.45, 7) is 3.76. The van der Waals surface area contributed by atoms with E-state index < -0.39 is 18.4 Å². The number of likely N-dealkylation sites (tertiary alicyclic amines) is 1. The second kappa shape index (κ2) is 4.59. The van der Waals surface area contributed by atoms with Gasteiger partial charge in [0.15, 0.2) is 0 Å². The van der Waals surface area contributed by atoms with Crippen molar-refractivity contribution in [2.24, 2.45) is 0 Å². The first-order valence-corrected chi connectivity index (χ1v) is 4.78. The van der Waals surface area contributed by atoms with Gasteiger partial charge < -0.3 is 14.7 Å². The van der Waals surface area contributed by atoms with E-state index in [2.05, 4.69) is 0 Å². The minimum absolute atomic E-state index is 0.0767. The number of halogens is 1. The largest absolute Gasteiger partial charge is 0.447 e. The molecule has 0 bridgehead atoms. The van der Waals surface area contributed by atoms with Gasteiger partial charge in [-0.2, -0.15) is 0 Å². The molecule has 0 aromatic carbocycles. The van der Waals surface area contributed by atoms with Crippen LogP contribution in [0.5, 0.6) is 0 Å². The molecule has 0 aromatic rings. The van der Waals surface area contributed by atoms with Crippen molar-refractivity contribution < 1.29 is 19.0 Å². The van der Waals surface area contributed by atoms with Gasteiger partial charge in [0.2, 0.25) is 0 Å². The van der Waals surface area contributed by atoms with E-state index in [1.165, 1.54) is 4.90 Å². The Labute approximate surface area is 82.6 Å². The molecule has 5 heteroatoms. The Balaban J connectivity index is 2.42. The lowest BCUT2D eigenvalue weighted by atomic mass is 10.1. The Morgan fingerprint density at radius 3 is 2.79 bits per heavy atom. The number of ether oxygens (including phenoxy) is 1. The molecule has 1 aliphatic heterocycles. The van der Waals surface area contributed by atoms with Crippen LogP contribution in [0.25, 0.3) is 0 Å². The first-order valence-electron chi connectivity index (χ1n) is 4.78. The number of nitrogens with zero attached hydrogens (tertiary/aromatic N) is 1. The van der Waals surface area contributed by atoms with E-state index in [0.29, 0.717) is 6.54 Å². The second-order valence-corrected chi connectivity index (χ2v) is 3.75. The van der Waals surface area contributed by atoms with Crippen molar-refractivity contribution in [2.45, 2.75) is 38.6 Å². The molecular weight excluding hydrogens is 189 g/mol. The summed E-state index contributed by atoms with van der Waals surface area (Å²) < 4.78 is 17.9. The summed E-state index contributed by atoms with van der Waals surface area (Å²) >= 11 is 0. The van der Waals surface area contributed by atoms with E-state index in [4.69, 9.17) is 9.84 Å². The average molecular weight is 205 g/mol. The van der Waals surface area contributed by atoms with Crippen molar-refractivity contribution in [3.8, 4) is 0 Å². The van der Waals surface area contributed by atoms with Gasteiger partial charge in [-0.05, 0) is 20.3 Å². The highest BCUT2D eigenvalue weighted by atomic mass is 19.1. The number of piperidine rings is 1. The molecule has 1 rings (SSSR count). The van der Waals surface area contributed by atoms with Crippen LogP contribution >= 0.6 is 0 Å². The minimum Gasteiger partial charge on any atom is -0.447 e. The zero-order valence-corrected chi connectivity index (χ0v) is 8.44. The molecule has 14 heavy (non-hydrogen) atoms. The molecule has 2 atom stereocenters. The molecule has 1 aliphatic rings. The maximum Gasteiger partial charge on any atom is 0.410 e. The van der Waals surface area contributed by atoms with Gasteiger partial charge in [0, 0.05) is 6.54 Å². The number of aliphatic hydroxyl groups is 1. The second-order valence-electron chi connectivity index (χ2n) is 3.75. The predicted molar refractivity (Wildman–Crippen MR) is 48.7 cm³/mol. The molecule has 1 N–H and O–H groups in total. The maximum absolute atomic E-state index is 13.0. The summed E-state index contributed by atoms with van der Waals surface area (Å²) in [6, 6.07) is 0. The Morgan fingerprint density at radius 2 is 2.29 bits per heavy atom. The van der Waals surface area contributed by atoms with Gasteiger partial charge in [0.05, 0.1) is 18.8 Å². The van der Waals surface area contributed by atoms with Crippen LogP contribution in [-0.2, 0) is 4.74 Å². The molecule has 0 spiro atoms.